The van der Waals surface area contributed by atoms with E-state index in [-0.39, 0.29) is 17.8 Å². The van der Waals surface area contributed by atoms with Gasteiger partial charge in [0.2, 0.25) is 5.91 Å². The van der Waals surface area contributed by atoms with Gasteiger partial charge in [-0.1, -0.05) is 42.1 Å². The number of aromatic nitrogens is 3. The topological polar surface area (TPSA) is 87.5 Å². The second-order valence-corrected chi connectivity index (χ2v) is 8.74. The normalized spacial score (nSPS) is 14.4. The molecule has 5 rings (SSSR count). The largest absolute Gasteiger partial charge is 0.497 e. The first-order chi connectivity index (χ1) is 17.2. The van der Waals surface area contributed by atoms with E-state index < -0.39 is 0 Å². The molecule has 8 nitrogen and oxygen atoms in total. The number of para-hydroxylation sites is 3. The van der Waals surface area contributed by atoms with Crippen molar-refractivity contribution in [3.8, 4) is 34.3 Å². The molecule has 0 fully saturated rings. The summed E-state index contributed by atoms with van der Waals surface area (Å²) in [5, 5.41) is 12.4. The van der Waals surface area contributed by atoms with Crippen molar-refractivity contribution in [3.63, 3.8) is 0 Å². The molecule has 0 aliphatic carbocycles. The van der Waals surface area contributed by atoms with Gasteiger partial charge in [-0.2, -0.15) is 0 Å². The summed E-state index contributed by atoms with van der Waals surface area (Å²) >= 11 is 1.33. The molecule has 1 atom stereocenters. The van der Waals surface area contributed by atoms with Gasteiger partial charge in [-0.3, -0.25) is 9.36 Å². The predicted molar refractivity (Wildman–Crippen MR) is 133 cm³/mol. The summed E-state index contributed by atoms with van der Waals surface area (Å²) in [4.78, 5) is 12.6. The van der Waals surface area contributed by atoms with E-state index in [9.17, 15) is 4.79 Å². The number of ether oxygens (including phenoxy) is 3. The zero-order chi connectivity index (χ0) is 24.0. The highest BCUT2D eigenvalue weighted by Crippen LogP contribution is 2.31. The molecule has 2 heterocycles. The fourth-order valence-electron chi connectivity index (χ4n) is 3.67. The van der Waals surface area contributed by atoms with Crippen molar-refractivity contribution in [2.45, 2.75) is 11.3 Å². The Balaban J connectivity index is 1.26. The van der Waals surface area contributed by atoms with Crippen molar-refractivity contribution in [2.75, 3.05) is 26.0 Å². The minimum Gasteiger partial charge on any atom is -0.497 e. The van der Waals surface area contributed by atoms with Crippen molar-refractivity contribution >= 4 is 17.7 Å². The Bertz CT molecular complexity index is 1290. The van der Waals surface area contributed by atoms with Gasteiger partial charge in [0.05, 0.1) is 19.4 Å². The number of nitrogens with one attached hydrogen (secondary N) is 1. The van der Waals surface area contributed by atoms with E-state index in [1.807, 2.05) is 83.4 Å². The van der Waals surface area contributed by atoms with E-state index in [2.05, 4.69) is 15.5 Å². The van der Waals surface area contributed by atoms with Crippen LogP contribution in [0.1, 0.15) is 0 Å². The van der Waals surface area contributed by atoms with Crippen LogP contribution in [0.4, 0.5) is 0 Å². The van der Waals surface area contributed by atoms with E-state index in [0.29, 0.717) is 29.9 Å². The van der Waals surface area contributed by atoms with E-state index in [1.165, 1.54) is 11.8 Å². The third-order valence-electron chi connectivity index (χ3n) is 5.42. The molecule has 1 aliphatic heterocycles. The third kappa shape index (κ3) is 5.25. The Kier molecular flexibility index (Phi) is 6.85. The van der Waals surface area contributed by atoms with Gasteiger partial charge in [0.15, 0.2) is 22.5 Å². The second kappa shape index (κ2) is 10.5. The Hall–Kier alpha value is -3.98. The highest BCUT2D eigenvalue weighted by atomic mass is 32.2. The average molecular weight is 489 g/mol. The molecule has 4 aromatic rings. The predicted octanol–water partition coefficient (Wildman–Crippen LogP) is 3.99. The molecule has 0 saturated heterocycles. The van der Waals surface area contributed by atoms with Crippen LogP contribution >= 0.6 is 11.8 Å². The van der Waals surface area contributed by atoms with Gasteiger partial charge in [0.25, 0.3) is 0 Å². The number of benzene rings is 3. The van der Waals surface area contributed by atoms with Crippen LogP contribution < -0.4 is 19.5 Å². The van der Waals surface area contributed by atoms with Gasteiger partial charge in [-0.15, -0.1) is 10.2 Å². The van der Waals surface area contributed by atoms with Crippen LogP contribution in [-0.2, 0) is 4.79 Å². The quantitative estimate of drug-likeness (QED) is 0.375. The molecular formula is C26H24N4O4S. The molecule has 9 heteroatoms. The Morgan fingerprint density at radius 1 is 1.03 bits per heavy atom. The van der Waals surface area contributed by atoms with E-state index in [0.717, 1.165) is 22.7 Å². The lowest BCUT2D eigenvalue weighted by atomic mass is 10.2. The smallest absolute Gasteiger partial charge is 0.230 e. The zero-order valence-electron chi connectivity index (χ0n) is 19.1. The lowest BCUT2D eigenvalue weighted by Crippen LogP contribution is -2.41. The number of fused-ring (bicyclic) bond motifs is 1. The molecular weight excluding hydrogens is 464 g/mol. The first kappa shape index (κ1) is 22.8. The minimum absolute atomic E-state index is 0.119. The van der Waals surface area contributed by atoms with Gasteiger partial charge < -0.3 is 19.5 Å². The summed E-state index contributed by atoms with van der Waals surface area (Å²) in [5.74, 6) is 2.94. The third-order valence-corrected chi connectivity index (χ3v) is 6.35. The van der Waals surface area contributed by atoms with Crippen LogP contribution in [0.25, 0.3) is 17.1 Å². The van der Waals surface area contributed by atoms with Crippen LogP contribution in [0.3, 0.4) is 0 Å². The first-order valence-corrected chi connectivity index (χ1v) is 12.1. The van der Waals surface area contributed by atoms with Gasteiger partial charge in [-0.25, -0.2) is 0 Å². The maximum atomic E-state index is 12.6. The highest BCUT2D eigenvalue weighted by Gasteiger charge is 2.22. The molecule has 0 spiro atoms. The van der Waals surface area contributed by atoms with Gasteiger partial charge >= 0.3 is 0 Å². The van der Waals surface area contributed by atoms with Crippen molar-refractivity contribution < 1.29 is 19.0 Å². The Labute approximate surface area is 207 Å². The SMILES string of the molecule is COc1ccc(-c2nnc(SCC(=O)NCC3COc4ccccc4O3)n2-c2ccccc2)cc1. The minimum atomic E-state index is -0.242. The van der Waals surface area contributed by atoms with Crippen LogP contribution in [0.5, 0.6) is 17.2 Å². The zero-order valence-corrected chi connectivity index (χ0v) is 19.9. The average Bonchev–Trinajstić information content (AvgIpc) is 3.35. The number of carbonyl (C=O) groups excluding carboxylic acids is 1. The molecule has 3 aromatic carbocycles. The fourth-order valence-corrected chi connectivity index (χ4v) is 4.45. The van der Waals surface area contributed by atoms with Crippen LogP contribution in [0.15, 0.2) is 84.0 Å². The van der Waals surface area contributed by atoms with Crippen molar-refractivity contribution in [3.05, 3.63) is 78.9 Å². The lowest BCUT2D eigenvalue weighted by Gasteiger charge is -2.26. The highest BCUT2D eigenvalue weighted by molar-refractivity contribution is 7.99. The van der Waals surface area contributed by atoms with Crippen molar-refractivity contribution in [1.29, 1.82) is 0 Å². The van der Waals surface area contributed by atoms with Gasteiger partial charge in [0.1, 0.15) is 18.5 Å². The van der Waals surface area contributed by atoms with Gasteiger partial charge in [0, 0.05) is 11.3 Å². The first-order valence-electron chi connectivity index (χ1n) is 11.1. The number of hydrogen-bond donors (Lipinski definition) is 1. The number of thioether (sulfide) groups is 1. The number of amides is 1. The number of hydrogen-bond acceptors (Lipinski definition) is 7. The summed E-state index contributed by atoms with van der Waals surface area (Å²) < 4.78 is 18.8. The maximum absolute atomic E-state index is 12.6. The number of rotatable bonds is 8. The summed E-state index contributed by atoms with van der Waals surface area (Å²) in [6, 6.07) is 25.0. The number of nitrogens with zero attached hydrogens (tertiary/aromatic N) is 3. The van der Waals surface area contributed by atoms with Crippen molar-refractivity contribution in [2.24, 2.45) is 0 Å². The van der Waals surface area contributed by atoms with Crippen LogP contribution in [-0.4, -0.2) is 52.8 Å². The van der Waals surface area contributed by atoms with E-state index in [1.54, 1.807) is 7.11 Å². The summed E-state index contributed by atoms with van der Waals surface area (Å²) in [6.07, 6.45) is -0.242. The van der Waals surface area contributed by atoms with Crippen LogP contribution in [0, 0.1) is 0 Å². The fraction of sp³-hybridized carbons (Fsp3) is 0.192. The second-order valence-electron chi connectivity index (χ2n) is 7.80. The van der Waals surface area contributed by atoms with E-state index in [4.69, 9.17) is 14.2 Å². The van der Waals surface area contributed by atoms with Crippen molar-refractivity contribution in [1.82, 2.24) is 20.1 Å². The van der Waals surface area contributed by atoms with Crippen LogP contribution in [0.2, 0.25) is 0 Å². The molecule has 0 saturated carbocycles. The molecule has 1 aliphatic rings. The molecule has 0 bridgehead atoms. The van der Waals surface area contributed by atoms with Gasteiger partial charge in [-0.05, 0) is 48.5 Å². The Morgan fingerprint density at radius 3 is 2.54 bits per heavy atom. The molecule has 1 amide bonds. The Morgan fingerprint density at radius 2 is 1.77 bits per heavy atom. The standard InChI is InChI=1S/C26H24N4O4S/c1-32-20-13-11-18(12-14-20)25-28-29-26(30(25)19-7-3-2-4-8-19)35-17-24(31)27-15-21-16-33-22-9-5-6-10-23(22)34-21/h2-14,21H,15-17H2,1H3,(H,27,31). The molecule has 1 N–H and O–H groups in total. The summed E-state index contributed by atoms with van der Waals surface area (Å²) in [7, 11) is 1.63. The summed E-state index contributed by atoms with van der Waals surface area (Å²) in [5.41, 5.74) is 1.81. The van der Waals surface area contributed by atoms with E-state index >= 15 is 0 Å². The monoisotopic (exact) mass is 488 g/mol. The molecule has 0 radical (unpaired) electrons. The molecule has 1 aromatic heterocycles. The maximum Gasteiger partial charge on any atom is 0.230 e. The number of carbonyl (C=O) groups is 1. The molecule has 178 valence electrons. The summed E-state index contributed by atoms with van der Waals surface area (Å²) in [6.45, 7) is 0.744. The molecule has 35 heavy (non-hydrogen) atoms. The lowest BCUT2D eigenvalue weighted by molar-refractivity contribution is -0.119. The molecule has 1 unspecified atom stereocenters. The number of methoxy groups -OCH3 is 1.